The number of rotatable bonds is 11. The molecule has 0 unspecified atom stereocenters. The van der Waals surface area contributed by atoms with Crippen molar-refractivity contribution in [3.05, 3.63) is 42.0 Å². The summed E-state index contributed by atoms with van der Waals surface area (Å²) in [6, 6.07) is 12.4. The van der Waals surface area contributed by atoms with Gasteiger partial charge in [0.25, 0.3) is 11.9 Å². The number of fused-ring (bicyclic) bond motifs is 1. The fourth-order valence-electron chi connectivity index (χ4n) is 4.73. The minimum atomic E-state index is -0.299. The SMILES string of the molecule is CC(C)Oc1cc(CN2CCC(Nc3nc4cc(OCC(=O)NC(C)(C)C)ccc4o3)CC2)cc(OC(C)C)c1. The van der Waals surface area contributed by atoms with Crippen LogP contribution in [0.5, 0.6) is 17.2 Å². The van der Waals surface area contributed by atoms with E-state index in [1.807, 2.05) is 60.6 Å². The average molecular weight is 553 g/mol. The number of piperidine rings is 1. The van der Waals surface area contributed by atoms with Crippen molar-refractivity contribution >= 4 is 23.0 Å². The lowest BCUT2D eigenvalue weighted by Crippen LogP contribution is -2.43. The summed E-state index contributed by atoms with van der Waals surface area (Å²) >= 11 is 0. The summed E-state index contributed by atoms with van der Waals surface area (Å²) in [6.45, 7) is 16.7. The zero-order chi connectivity index (χ0) is 28.9. The van der Waals surface area contributed by atoms with E-state index in [1.165, 1.54) is 5.56 Å². The van der Waals surface area contributed by atoms with Crippen LogP contribution < -0.4 is 24.8 Å². The standard InChI is InChI=1S/C31H44N4O5/c1-20(2)38-25-14-22(15-26(16-25)39-21(3)4)18-35-12-10-23(11-13-35)32-30-33-27-17-24(8-9-28(27)40-30)37-19-29(36)34-31(5,6)7/h8-9,14-17,20-21,23H,10-13,18-19H2,1-7H3,(H,32,33)(H,34,36). The quantitative estimate of drug-likeness (QED) is 0.309. The molecule has 9 heteroatoms. The summed E-state index contributed by atoms with van der Waals surface area (Å²) in [5.74, 6) is 2.10. The number of nitrogens with zero attached hydrogens (tertiary/aromatic N) is 2. The van der Waals surface area contributed by atoms with Crippen molar-refractivity contribution in [1.29, 1.82) is 0 Å². The molecule has 2 heterocycles. The largest absolute Gasteiger partial charge is 0.491 e. The van der Waals surface area contributed by atoms with Crippen LogP contribution in [0, 0.1) is 0 Å². The van der Waals surface area contributed by atoms with Gasteiger partial charge in [-0.3, -0.25) is 9.69 Å². The molecule has 218 valence electrons. The number of hydrogen-bond donors (Lipinski definition) is 2. The van der Waals surface area contributed by atoms with Crippen LogP contribution in [0.4, 0.5) is 6.01 Å². The summed E-state index contributed by atoms with van der Waals surface area (Å²) < 4.78 is 23.5. The monoisotopic (exact) mass is 552 g/mol. The van der Waals surface area contributed by atoms with Crippen molar-refractivity contribution < 1.29 is 23.4 Å². The predicted octanol–water partition coefficient (Wildman–Crippen LogP) is 5.77. The fourth-order valence-corrected chi connectivity index (χ4v) is 4.73. The van der Waals surface area contributed by atoms with E-state index in [4.69, 9.17) is 18.6 Å². The molecule has 1 fully saturated rings. The number of nitrogens with one attached hydrogen (secondary N) is 2. The van der Waals surface area contributed by atoms with Gasteiger partial charge in [0, 0.05) is 43.3 Å². The third-order valence-electron chi connectivity index (χ3n) is 6.25. The van der Waals surface area contributed by atoms with Crippen LogP contribution in [0.3, 0.4) is 0 Å². The molecule has 1 aliphatic heterocycles. The maximum Gasteiger partial charge on any atom is 0.295 e. The zero-order valence-electron chi connectivity index (χ0n) is 24.9. The molecule has 0 bridgehead atoms. The molecule has 0 aliphatic carbocycles. The highest BCUT2D eigenvalue weighted by atomic mass is 16.5. The molecule has 1 amide bonds. The molecule has 9 nitrogen and oxygen atoms in total. The van der Waals surface area contributed by atoms with E-state index in [9.17, 15) is 4.79 Å². The van der Waals surface area contributed by atoms with Crippen LogP contribution in [0.1, 0.15) is 66.9 Å². The lowest BCUT2D eigenvalue weighted by molar-refractivity contribution is -0.124. The molecule has 1 saturated heterocycles. The molecule has 0 radical (unpaired) electrons. The Bertz CT molecular complexity index is 1240. The molecular weight excluding hydrogens is 508 g/mol. The molecular formula is C31H44N4O5. The maximum absolute atomic E-state index is 12.1. The van der Waals surface area contributed by atoms with Gasteiger partial charge in [0.15, 0.2) is 12.2 Å². The van der Waals surface area contributed by atoms with Crippen LogP contribution >= 0.6 is 0 Å². The summed E-state index contributed by atoms with van der Waals surface area (Å²) in [6.07, 6.45) is 2.17. The van der Waals surface area contributed by atoms with Crippen LogP contribution in [0.2, 0.25) is 0 Å². The first-order chi connectivity index (χ1) is 18.9. The lowest BCUT2D eigenvalue weighted by atomic mass is 10.0. The first-order valence-corrected chi connectivity index (χ1v) is 14.2. The van der Waals surface area contributed by atoms with E-state index in [0.29, 0.717) is 22.9 Å². The minimum Gasteiger partial charge on any atom is -0.491 e. The van der Waals surface area contributed by atoms with E-state index in [2.05, 4.69) is 32.7 Å². The topological polar surface area (TPSA) is 98.1 Å². The Morgan fingerprint density at radius 1 is 1.00 bits per heavy atom. The fraction of sp³-hybridized carbons (Fsp3) is 0.548. The molecule has 0 spiro atoms. The minimum absolute atomic E-state index is 0.0502. The van der Waals surface area contributed by atoms with Gasteiger partial charge in [0.05, 0.1) is 12.2 Å². The van der Waals surface area contributed by atoms with E-state index in [0.717, 1.165) is 44.0 Å². The van der Waals surface area contributed by atoms with Crippen molar-refractivity contribution in [1.82, 2.24) is 15.2 Å². The Labute approximate surface area is 237 Å². The van der Waals surface area contributed by atoms with E-state index >= 15 is 0 Å². The molecule has 2 N–H and O–H groups in total. The van der Waals surface area contributed by atoms with Crippen molar-refractivity contribution in [2.45, 2.75) is 91.6 Å². The van der Waals surface area contributed by atoms with Gasteiger partial charge in [0.2, 0.25) is 0 Å². The van der Waals surface area contributed by atoms with E-state index in [1.54, 1.807) is 12.1 Å². The van der Waals surface area contributed by atoms with Gasteiger partial charge >= 0.3 is 0 Å². The Balaban J connectivity index is 1.30. The van der Waals surface area contributed by atoms with Crippen LogP contribution in [-0.4, -0.2) is 59.3 Å². The van der Waals surface area contributed by atoms with Crippen molar-refractivity contribution in [3.8, 4) is 17.2 Å². The molecule has 40 heavy (non-hydrogen) atoms. The van der Waals surface area contributed by atoms with Gasteiger partial charge in [-0.1, -0.05) is 0 Å². The van der Waals surface area contributed by atoms with Gasteiger partial charge in [-0.15, -0.1) is 0 Å². The Morgan fingerprint density at radius 2 is 1.65 bits per heavy atom. The van der Waals surface area contributed by atoms with Gasteiger partial charge < -0.3 is 29.3 Å². The van der Waals surface area contributed by atoms with Crippen molar-refractivity contribution in [3.63, 3.8) is 0 Å². The number of amides is 1. The third kappa shape index (κ3) is 9.05. The first kappa shape index (κ1) is 29.5. The number of likely N-dealkylation sites (tertiary alicyclic amines) is 1. The van der Waals surface area contributed by atoms with E-state index < -0.39 is 0 Å². The van der Waals surface area contributed by atoms with Crippen LogP contribution in [0.25, 0.3) is 11.1 Å². The maximum atomic E-state index is 12.1. The summed E-state index contributed by atoms with van der Waals surface area (Å²) in [5, 5.41) is 6.35. The first-order valence-electron chi connectivity index (χ1n) is 14.2. The van der Waals surface area contributed by atoms with Gasteiger partial charge in [0.1, 0.15) is 22.8 Å². The summed E-state index contributed by atoms with van der Waals surface area (Å²) in [5.41, 5.74) is 2.26. The highest BCUT2D eigenvalue weighted by Crippen LogP contribution is 2.28. The van der Waals surface area contributed by atoms with Crippen LogP contribution in [-0.2, 0) is 11.3 Å². The average Bonchev–Trinajstić information content (AvgIpc) is 3.23. The molecule has 0 saturated carbocycles. The van der Waals surface area contributed by atoms with Crippen LogP contribution in [0.15, 0.2) is 40.8 Å². The summed E-state index contributed by atoms with van der Waals surface area (Å²) in [7, 11) is 0. The second-order valence-corrected chi connectivity index (χ2v) is 12.1. The third-order valence-corrected chi connectivity index (χ3v) is 6.25. The van der Waals surface area contributed by atoms with Gasteiger partial charge in [-0.25, -0.2) is 0 Å². The number of hydrogen-bond acceptors (Lipinski definition) is 8. The Kier molecular flexibility index (Phi) is 9.45. The van der Waals surface area contributed by atoms with Crippen molar-refractivity contribution in [2.24, 2.45) is 0 Å². The molecule has 1 aliphatic rings. The predicted molar refractivity (Wildman–Crippen MR) is 157 cm³/mol. The number of carbonyl (C=O) groups is 1. The molecule has 0 atom stereocenters. The normalized spacial score (nSPS) is 15.0. The van der Waals surface area contributed by atoms with Crippen molar-refractivity contribution in [2.75, 3.05) is 25.0 Å². The number of benzene rings is 2. The Morgan fingerprint density at radius 3 is 2.25 bits per heavy atom. The highest BCUT2D eigenvalue weighted by molar-refractivity contribution is 5.79. The Hall–Kier alpha value is -3.46. The second kappa shape index (κ2) is 12.8. The van der Waals surface area contributed by atoms with E-state index in [-0.39, 0.29) is 36.3 Å². The number of anilines is 1. The molecule has 2 aromatic carbocycles. The smallest absolute Gasteiger partial charge is 0.295 e. The highest BCUT2D eigenvalue weighted by Gasteiger charge is 2.22. The number of oxazole rings is 1. The van der Waals surface area contributed by atoms with Gasteiger partial charge in [-0.05, 0) is 91.1 Å². The zero-order valence-corrected chi connectivity index (χ0v) is 24.9. The molecule has 4 rings (SSSR count). The molecule has 3 aromatic rings. The number of carbonyl (C=O) groups excluding carboxylic acids is 1. The molecule has 1 aromatic heterocycles. The second-order valence-electron chi connectivity index (χ2n) is 12.1. The number of aromatic nitrogens is 1. The summed E-state index contributed by atoms with van der Waals surface area (Å²) in [4.78, 5) is 19.1. The number of ether oxygens (including phenoxy) is 3. The lowest BCUT2D eigenvalue weighted by Gasteiger charge is -2.32. The van der Waals surface area contributed by atoms with Gasteiger partial charge in [-0.2, -0.15) is 4.98 Å².